The fraction of sp³-hybridized carbons (Fsp3) is 0.118. The van der Waals surface area contributed by atoms with Crippen LogP contribution in [0.25, 0.3) is 11.3 Å². The maximum absolute atomic E-state index is 12.3. The number of amides is 1. The van der Waals surface area contributed by atoms with Crippen LogP contribution in [0.5, 0.6) is 0 Å². The summed E-state index contributed by atoms with van der Waals surface area (Å²) >= 11 is 0. The smallest absolute Gasteiger partial charge is 0.260 e. The summed E-state index contributed by atoms with van der Waals surface area (Å²) in [4.78, 5) is 12.3. The van der Waals surface area contributed by atoms with Gasteiger partial charge in [0.15, 0.2) is 0 Å². The number of hydrogen-bond acceptors (Lipinski definition) is 2. The Bertz CT molecular complexity index is 774. The molecule has 4 rings (SSSR count). The molecule has 2 heterocycles. The molecule has 3 nitrogen and oxygen atoms in total. The van der Waals surface area contributed by atoms with Gasteiger partial charge in [-0.2, -0.15) is 0 Å². The first-order valence-electron chi connectivity index (χ1n) is 6.62. The van der Waals surface area contributed by atoms with Crippen molar-refractivity contribution in [1.29, 1.82) is 0 Å². The lowest BCUT2D eigenvalue weighted by molar-refractivity contribution is -0.110. The SMILES string of the molecule is Cc1cccc2c1/C(=C1/OCc3ccccc31)C(=O)N2. The van der Waals surface area contributed by atoms with Crippen molar-refractivity contribution in [3.05, 3.63) is 64.7 Å². The molecule has 98 valence electrons. The van der Waals surface area contributed by atoms with E-state index in [-0.39, 0.29) is 5.91 Å². The lowest BCUT2D eigenvalue weighted by atomic mass is 9.97. The van der Waals surface area contributed by atoms with Crippen LogP contribution < -0.4 is 5.32 Å². The fourth-order valence-electron chi connectivity index (χ4n) is 2.92. The average Bonchev–Trinajstić information content (AvgIpc) is 3.00. The van der Waals surface area contributed by atoms with Gasteiger partial charge in [-0.25, -0.2) is 0 Å². The van der Waals surface area contributed by atoms with E-state index in [0.29, 0.717) is 17.9 Å². The molecular formula is C17H13NO2. The van der Waals surface area contributed by atoms with Gasteiger partial charge < -0.3 is 10.1 Å². The van der Waals surface area contributed by atoms with Crippen molar-refractivity contribution in [2.75, 3.05) is 5.32 Å². The summed E-state index contributed by atoms with van der Waals surface area (Å²) in [6.07, 6.45) is 0. The molecule has 1 amide bonds. The molecule has 0 radical (unpaired) electrons. The van der Waals surface area contributed by atoms with Crippen LogP contribution in [0.4, 0.5) is 5.69 Å². The predicted octanol–water partition coefficient (Wildman–Crippen LogP) is 3.35. The third-order valence-electron chi connectivity index (χ3n) is 3.86. The van der Waals surface area contributed by atoms with Gasteiger partial charge in [0, 0.05) is 22.4 Å². The second kappa shape index (κ2) is 3.97. The van der Waals surface area contributed by atoms with E-state index in [1.807, 2.05) is 49.4 Å². The van der Waals surface area contributed by atoms with E-state index in [1.54, 1.807) is 0 Å². The quantitative estimate of drug-likeness (QED) is 0.740. The largest absolute Gasteiger partial charge is 0.487 e. The molecule has 0 spiro atoms. The summed E-state index contributed by atoms with van der Waals surface area (Å²) in [5.41, 5.74) is 5.72. The molecular weight excluding hydrogens is 250 g/mol. The van der Waals surface area contributed by atoms with Crippen molar-refractivity contribution >= 4 is 22.9 Å². The van der Waals surface area contributed by atoms with Gasteiger partial charge >= 0.3 is 0 Å². The summed E-state index contributed by atoms with van der Waals surface area (Å²) in [6.45, 7) is 2.55. The number of aryl methyl sites for hydroxylation is 1. The van der Waals surface area contributed by atoms with Gasteiger partial charge in [-0.1, -0.05) is 36.4 Å². The number of carbonyl (C=O) groups excluding carboxylic acids is 1. The van der Waals surface area contributed by atoms with Crippen LogP contribution in [-0.4, -0.2) is 5.91 Å². The molecule has 0 aromatic heterocycles. The number of benzene rings is 2. The molecule has 20 heavy (non-hydrogen) atoms. The monoisotopic (exact) mass is 263 g/mol. The molecule has 0 saturated carbocycles. The number of hydrogen-bond donors (Lipinski definition) is 1. The molecule has 2 aromatic carbocycles. The van der Waals surface area contributed by atoms with E-state index in [1.165, 1.54) is 0 Å². The minimum absolute atomic E-state index is 0.0824. The van der Waals surface area contributed by atoms with Gasteiger partial charge in [0.2, 0.25) is 0 Å². The highest BCUT2D eigenvalue weighted by molar-refractivity contribution is 6.36. The van der Waals surface area contributed by atoms with E-state index >= 15 is 0 Å². The van der Waals surface area contributed by atoms with Crippen LogP contribution in [0.1, 0.15) is 22.3 Å². The van der Waals surface area contributed by atoms with E-state index in [4.69, 9.17) is 4.74 Å². The molecule has 3 heteroatoms. The van der Waals surface area contributed by atoms with Crippen molar-refractivity contribution in [2.45, 2.75) is 13.5 Å². The summed E-state index contributed by atoms with van der Waals surface area (Å²) in [5.74, 6) is 0.618. The minimum atomic E-state index is -0.0824. The zero-order valence-corrected chi connectivity index (χ0v) is 11.1. The topological polar surface area (TPSA) is 38.3 Å². The number of carbonyl (C=O) groups is 1. The van der Waals surface area contributed by atoms with E-state index in [0.717, 1.165) is 27.9 Å². The van der Waals surface area contributed by atoms with Gasteiger partial charge in [0.1, 0.15) is 12.4 Å². The number of nitrogens with one attached hydrogen (secondary N) is 1. The zero-order chi connectivity index (χ0) is 13.7. The number of rotatable bonds is 0. The molecule has 2 aliphatic heterocycles. The molecule has 0 bridgehead atoms. The molecule has 0 fully saturated rings. The average molecular weight is 263 g/mol. The molecule has 1 N–H and O–H groups in total. The Hall–Kier alpha value is -2.55. The van der Waals surface area contributed by atoms with Gasteiger partial charge in [-0.05, 0) is 18.6 Å². The lowest BCUT2D eigenvalue weighted by Crippen LogP contribution is -2.05. The maximum atomic E-state index is 12.3. The Morgan fingerprint density at radius 1 is 1.10 bits per heavy atom. The number of fused-ring (bicyclic) bond motifs is 2. The van der Waals surface area contributed by atoms with Crippen LogP contribution in [0.15, 0.2) is 42.5 Å². The standard InChI is InChI=1S/C17H13NO2/c1-10-5-4-8-13-14(10)15(17(19)18-13)16-12-7-3-2-6-11(12)9-20-16/h2-8H,9H2,1H3,(H,18,19)/b16-15-. The van der Waals surface area contributed by atoms with Crippen molar-refractivity contribution in [3.8, 4) is 0 Å². The van der Waals surface area contributed by atoms with Crippen LogP contribution in [-0.2, 0) is 16.1 Å². The summed E-state index contributed by atoms with van der Waals surface area (Å²) in [6, 6.07) is 13.9. The molecule has 2 aliphatic rings. The summed E-state index contributed by atoms with van der Waals surface area (Å²) in [5, 5.41) is 2.92. The highest BCUT2D eigenvalue weighted by atomic mass is 16.5. The van der Waals surface area contributed by atoms with Crippen LogP contribution in [0, 0.1) is 6.92 Å². The fourth-order valence-corrected chi connectivity index (χ4v) is 2.92. The normalized spacial score (nSPS) is 19.4. The third kappa shape index (κ3) is 1.43. The second-order valence-corrected chi connectivity index (χ2v) is 5.10. The Morgan fingerprint density at radius 3 is 2.85 bits per heavy atom. The van der Waals surface area contributed by atoms with Crippen molar-refractivity contribution in [3.63, 3.8) is 0 Å². The Balaban J connectivity index is 2.01. The highest BCUT2D eigenvalue weighted by Crippen LogP contribution is 2.42. The second-order valence-electron chi connectivity index (χ2n) is 5.10. The Morgan fingerprint density at radius 2 is 1.95 bits per heavy atom. The molecule has 2 aromatic rings. The molecule has 0 atom stereocenters. The Labute approximate surface area is 116 Å². The molecule has 0 aliphatic carbocycles. The highest BCUT2D eigenvalue weighted by Gasteiger charge is 2.33. The Kier molecular flexibility index (Phi) is 2.24. The van der Waals surface area contributed by atoms with E-state index in [2.05, 4.69) is 5.32 Å². The first-order chi connectivity index (χ1) is 9.75. The molecule has 0 saturated heterocycles. The summed E-state index contributed by atoms with van der Waals surface area (Å²) in [7, 11) is 0. The number of ether oxygens (including phenoxy) is 1. The van der Waals surface area contributed by atoms with Crippen LogP contribution in [0.3, 0.4) is 0 Å². The first-order valence-corrected chi connectivity index (χ1v) is 6.62. The molecule has 0 unspecified atom stereocenters. The van der Waals surface area contributed by atoms with Crippen LogP contribution >= 0.6 is 0 Å². The minimum Gasteiger partial charge on any atom is -0.487 e. The van der Waals surface area contributed by atoms with Crippen LogP contribution in [0.2, 0.25) is 0 Å². The third-order valence-corrected chi connectivity index (χ3v) is 3.86. The predicted molar refractivity (Wildman–Crippen MR) is 77.9 cm³/mol. The summed E-state index contributed by atoms with van der Waals surface area (Å²) < 4.78 is 5.81. The first kappa shape index (κ1) is 11.3. The van der Waals surface area contributed by atoms with Gasteiger partial charge in [0.25, 0.3) is 5.91 Å². The van der Waals surface area contributed by atoms with E-state index < -0.39 is 0 Å². The lowest BCUT2D eigenvalue weighted by Gasteiger charge is -2.07. The number of anilines is 1. The van der Waals surface area contributed by atoms with Gasteiger partial charge in [-0.3, -0.25) is 4.79 Å². The maximum Gasteiger partial charge on any atom is 0.260 e. The van der Waals surface area contributed by atoms with Crippen molar-refractivity contribution in [1.82, 2.24) is 0 Å². The van der Waals surface area contributed by atoms with Crippen molar-refractivity contribution < 1.29 is 9.53 Å². The van der Waals surface area contributed by atoms with Crippen molar-refractivity contribution in [2.24, 2.45) is 0 Å². The van der Waals surface area contributed by atoms with Gasteiger partial charge in [0.05, 0.1) is 5.57 Å². The van der Waals surface area contributed by atoms with Gasteiger partial charge in [-0.15, -0.1) is 0 Å². The zero-order valence-electron chi connectivity index (χ0n) is 11.1. The van der Waals surface area contributed by atoms with E-state index in [9.17, 15) is 4.79 Å².